The molecule has 19 heavy (non-hydrogen) atoms. The van der Waals surface area contributed by atoms with E-state index in [1.54, 1.807) is 7.11 Å². The van der Waals surface area contributed by atoms with Gasteiger partial charge >= 0.3 is 0 Å². The van der Waals surface area contributed by atoms with Crippen molar-refractivity contribution in [3.63, 3.8) is 0 Å². The molecule has 2 heterocycles. The van der Waals surface area contributed by atoms with Crippen LogP contribution >= 0.6 is 0 Å². The molecule has 4 nitrogen and oxygen atoms in total. The van der Waals surface area contributed by atoms with Crippen molar-refractivity contribution in [2.75, 3.05) is 20.3 Å². The van der Waals surface area contributed by atoms with E-state index in [1.165, 1.54) is 0 Å². The average molecular weight is 264 g/mol. The molecule has 0 aromatic heterocycles. The number of aliphatic hydroxyl groups excluding tert-OH is 1. The topological polar surface area (TPSA) is 47.9 Å². The largest absolute Gasteiger partial charge is 0.497 e. The van der Waals surface area contributed by atoms with Crippen molar-refractivity contribution in [2.45, 2.75) is 31.5 Å². The SMILES string of the molecule is COc1ccc2c(c1)[C@@H](O)CC(C1CCCOC1)O2. The van der Waals surface area contributed by atoms with Crippen LogP contribution in [0.15, 0.2) is 18.2 Å². The number of fused-ring (bicyclic) bond motifs is 1. The normalized spacial score (nSPS) is 30.3. The van der Waals surface area contributed by atoms with Crippen molar-refractivity contribution in [3.8, 4) is 11.5 Å². The van der Waals surface area contributed by atoms with Gasteiger partial charge in [-0.05, 0) is 31.0 Å². The highest BCUT2D eigenvalue weighted by Gasteiger charge is 2.33. The lowest BCUT2D eigenvalue weighted by Gasteiger charge is -2.36. The fourth-order valence-corrected chi connectivity index (χ4v) is 2.93. The van der Waals surface area contributed by atoms with Gasteiger partial charge in [0.25, 0.3) is 0 Å². The number of rotatable bonds is 2. The Balaban J connectivity index is 1.79. The first-order valence-electron chi connectivity index (χ1n) is 6.88. The number of hydrogen-bond acceptors (Lipinski definition) is 4. The van der Waals surface area contributed by atoms with Crippen molar-refractivity contribution in [1.29, 1.82) is 0 Å². The third-order valence-corrected chi connectivity index (χ3v) is 4.03. The van der Waals surface area contributed by atoms with Gasteiger partial charge < -0.3 is 19.3 Å². The minimum atomic E-state index is -0.481. The molecule has 2 aliphatic rings. The van der Waals surface area contributed by atoms with Crippen LogP contribution in [-0.4, -0.2) is 31.5 Å². The van der Waals surface area contributed by atoms with Crippen LogP contribution < -0.4 is 9.47 Å². The third kappa shape index (κ3) is 2.55. The Morgan fingerprint density at radius 2 is 2.26 bits per heavy atom. The van der Waals surface area contributed by atoms with Crippen LogP contribution in [0, 0.1) is 5.92 Å². The second-order valence-corrected chi connectivity index (χ2v) is 5.29. The van der Waals surface area contributed by atoms with Crippen LogP contribution in [0.1, 0.15) is 30.9 Å². The second kappa shape index (κ2) is 5.39. The van der Waals surface area contributed by atoms with E-state index < -0.39 is 6.10 Å². The molecule has 3 rings (SSSR count). The van der Waals surface area contributed by atoms with E-state index in [1.807, 2.05) is 18.2 Å². The summed E-state index contributed by atoms with van der Waals surface area (Å²) in [5.41, 5.74) is 0.826. The Morgan fingerprint density at radius 1 is 1.37 bits per heavy atom. The van der Waals surface area contributed by atoms with E-state index in [-0.39, 0.29) is 6.10 Å². The first-order chi connectivity index (χ1) is 9.28. The Labute approximate surface area is 113 Å². The highest BCUT2D eigenvalue weighted by molar-refractivity contribution is 5.43. The fourth-order valence-electron chi connectivity index (χ4n) is 2.93. The summed E-state index contributed by atoms with van der Waals surface area (Å²) in [6.45, 7) is 1.59. The summed E-state index contributed by atoms with van der Waals surface area (Å²) in [6.07, 6.45) is 2.40. The van der Waals surface area contributed by atoms with Gasteiger partial charge in [-0.3, -0.25) is 0 Å². The minimum absolute atomic E-state index is 0.0520. The Kier molecular flexibility index (Phi) is 3.62. The third-order valence-electron chi connectivity index (χ3n) is 4.03. The summed E-state index contributed by atoms with van der Waals surface area (Å²) >= 11 is 0. The molecule has 0 bridgehead atoms. The molecule has 2 unspecified atom stereocenters. The van der Waals surface area contributed by atoms with Gasteiger partial charge in [-0.1, -0.05) is 0 Å². The molecule has 1 fully saturated rings. The van der Waals surface area contributed by atoms with Gasteiger partial charge in [0.05, 0.1) is 19.8 Å². The lowest BCUT2D eigenvalue weighted by atomic mass is 9.88. The molecular weight excluding hydrogens is 244 g/mol. The maximum Gasteiger partial charge on any atom is 0.125 e. The molecule has 1 aromatic rings. The summed E-state index contributed by atoms with van der Waals surface area (Å²) in [7, 11) is 1.62. The lowest BCUT2D eigenvalue weighted by molar-refractivity contribution is -0.0286. The summed E-state index contributed by atoms with van der Waals surface area (Å²) in [6, 6.07) is 5.60. The quantitative estimate of drug-likeness (QED) is 0.890. The van der Waals surface area contributed by atoms with Gasteiger partial charge in [0.15, 0.2) is 0 Å². The smallest absolute Gasteiger partial charge is 0.125 e. The summed E-state index contributed by atoms with van der Waals surface area (Å²) in [5.74, 6) is 1.91. The zero-order valence-electron chi connectivity index (χ0n) is 11.2. The Morgan fingerprint density at radius 3 is 3.00 bits per heavy atom. The van der Waals surface area contributed by atoms with Gasteiger partial charge in [0.1, 0.15) is 17.6 Å². The molecule has 4 heteroatoms. The first kappa shape index (κ1) is 12.8. The van der Waals surface area contributed by atoms with Crippen LogP contribution in [0.25, 0.3) is 0 Å². The maximum atomic E-state index is 10.3. The highest BCUT2D eigenvalue weighted by Crippen LogP contribution is 2.40. The van der Waals surface area contributed by atoms with Crippen molar-refractivity contribution in [1.82, 2.24) is 0 Å². The minimum Gasteiger partial charge on any atom is -0.497 e. The van der Waals surface area contributed by atoms with E-state index in [2.05, 4.69) is 0 Å². The van der Waals surface area contributed by atoms with Crippen molar-refractivity contribution >= 4 is 0 Å². The van der Waals surface area contributed by atoms with Gasteiger partial charge in [-0.2, -0.15) is 0 Å². The highest BCUT2D eigenvalue weighted by atomic mass is 16.5. The summed E-state index contributed by atoms with van der Waals surface area (Å²) < 4.78 is 16.7. The molecule has 0 aliphatic carbocycles. The van der Waals surface area contributed by atoms with Crippen molar-refractivity contribution in [2.24, 2.45) is 5.92 Å². The summed E-state index contributed by atoms with van der Waals surface area (Å²) in [5, 5.41) is 10.3. The predicted molar refractivity (Wildman–Crippen MR) is 70.5 cm³/mol. The molecule has 1 aromatic carbocycles. The van der Waals surface area contributed by atoms with E-state index in [0.717, 1.165) is 43.1 Å². The predicted octanol–water partition coefficient (Wildman–Crippen LogP) is 2.31. The van der Waals surface area contributed by atoms with Crippen molar-refractivity contribution < 1.29 is 19.3 Å². The zero-order valence-corrected chi connectivity index (χ0v) is 11.2. The molecule has 0 amide bonds. The van der Waals surface area contributed by atoms with E-state index in [4.69, 9.17) is 14.2 Å². The van der Waals surface area contributed by atoms with E-state index >= 15 is 0 Å². The maximum absolute atomic E-state index is 10.3. The lowest BCUT2D eigenvalue weighted by Crippen LogP contribution is -2.37. The monoisotopic (exact) mass is 264 g/mol. The van der Waals surface area contributed by atoms with Crippen LogP contribution in [0.3, 0.4) is 0 Å². The molecule has 1 saturated heterocycles. The summed E-state index contributed by atoms with van der Waals surface area (Å²) in [4.78, 5) is 0. The fraction of sp³-hybridized carbons (Fsp3) is 0.600. The molecule has 1 N–H and O–H groups in total. The van der Waals surface area contributed by atoms with Crippen LogP contribution in [0.5, 0.6) is 11.5 Å². The molecule has 3 atom stereocenters. The van der Waals surface area contributed by atoms with Gasteiger partial charge in [-0.15, -0.1) is 0 Å². The molecule has 104 valence electrons. The zero-order chi connectivity index (χ0) is 13.2. The average Bonchev–Trinajstić information content (AvgIpc) is 2.48. The number of methoxy groups -OCH3 is 1. The Hall–Kier alpha value is -1.26. The van der Waals surface area contributed by atoms with E-state index in [0.29, 0.717) is 12.3 Å². The van der Waals surface area contributed by atoms with Gasteiger partial charge in [0.2, 0.25) is 0 Å². The standard InChI is InChI=1S/C15H20O4/c1-17-11-4-5-14-12(7-11)13(16)8-15(19-14)10-3-2-6-18-9-10/h4-5,7,10,13,15-16H,2-3,6,8-9H2,1H3/t10?,13-,15?/m0/s1. The number of benzene rings is 1. The van der Waals surface area contributed by atoms with E-state index in [9.17, 15) is 5.11 Å². The first-order valence-corrected chi connectivity index (χ1v) is 6.88. The van der Waals surface area contributed by atoms with Crippen LogP contribution in [-0.2, 0) is 4.74 Å². The van der Waals surface area contributed by atoms with Crippen molar-refractivity contribution in [3.05, 3.63) is 23.8 Å². The molecule has 2 aliphatic heterocycles. The van der Waals surface area contributed by atoms with Crippen LogP contribution in [0.2, 0.25) is 0 Å². The van der Waals surface area contributed by atoms with Crippen LogP contribution in [0.4, 0.5) is 0 Å². The number of hydrogen-bond donors (Lipinski definition) is 1. The van der Waals surface area contributed by atoms with Gasteiger partial charge in [-0.25, -0.2) is 0 Å². The number of aliphatic hydroxyl groups is 1. The molecular formula is C15H20O4. The number of ether oxygens (including phenoxy) is 3. The molecule has 0 saturated carbocycles. The Bertz CT molecular complexity index is 440. The molecule has 0 spiro atoms. The molecule has 0 radical (unpaired) electrons. The van der Waals surface area contributed by atoms with Gasteiger partial charge in [0, 0.05) is 24.5 Å². The second-order valence-electron chi connectivity index (χ2n) is 5.29.